The molecule has 6 nitrogen and oxygen atoms in total. The Hall–Kier alpha value is -3.15. The van der Waals surface area contributed by atoms with E-state index in [2.05, 4.69) is 27.4 Å². The van der Waals surface area contributed by atoms with Crippen molar-refractivity contribution in [3.8, 4) is 5.82 Å². The average Bonchev–Trinajstić information content (AvgIpc) is 3.06. The number of rotatable bonds is 4. The van der Waals surface area contributed by atoms with Crippen molar-refractivity contribution in [1.82, 2.24) is 24.8 Å². The smallest absolute Gasteiger partial charge is 0.318 e. The van der Waals surface area contributed by atoms with Gasteiger partial charge in [-0.15, -0.1) is 0 Å². The van der Waals surface area contributed by atoms with Crippen molar-refractivity contribution in [3.63, 3.8) is 0 Å². The molecule has 1 aliphatic heterocycles. The molecule has 4 rings (SSSR count). The van der Waals surface area contributed by atoms with Gasteiger partial charge in [-0.25, -0.2) is 14.8 Å². The molecule has 1 saturated heterocycles. The highest BCUT2D eigenvalue weighted by molar-refractivity contribution is 5.75. The summed E-state index contributed by atoms with van der Waals surface area (Å²) in [6.45, 7) is 3.20. The first-order valence-electron chi connectivity index (χ1n) is 8.77. The van der Waals surface area contributed by atoms with Gasteiger partial charge in [0.2, 0.25) is 0 Å². The van der Waals surface area contributed by atoms with Crippen LogP contribution in [-0.2, 0) is 6.54 Å². The molecule has 1 aromatic carbocycles. The first-order chi connectivity index (χ1) is 12.7. The maximum atomic E-state index is 12.5. The molecule has 132 valence electrons. The second-order valence-corrected chi connectivity index (χ2v) is 6.43. The fraction of sp³-hybridized carbons (Fsp3) is 0.250. The van der Waals surface area contributed by atoms with Crippen LogP contribution in [0, 0.1) is 6.92 Å². The fourth-order valence-electron chi connectivity index (χ4n) is 3.25. The number of imidazole rings is 1. The SMILES string of the molecule is Cc1nccn1-c1cc(CNC(=O)N2CCC2c2ccccc2)ccn1. The normalized spacial score (nSPS) is 16.2. The van der Waals surface area contributed by atoms with E-state index in [9.17, 15) is 4.79 Å². The summed E-state index contributed by atoms with van der Waals surface area (Å²) in [5.41, 5.74) is 2.20. The van der Waals surface area contributed by atoms with Gasteiger partial charge in [0.25, 0.3) is 0 Å². The van der Waals surface area contributed by atoms with Gasteiger partial charge in [0, 0.05) is 31.7 Å². The van der Waals surface area contributed by atoms with Crippen molar-refractivity contribution in [2.75, 3.05) is 6.54 Å². The van der Waals surface area contributed by atoms with Crippen LogP contribution in [0.3, 0.4) is 0 Å². The molecule has 1 unspecified atom stereocenters. The average molecular weight is 347 g/mol. The molecule has 0 radical (unpaired) electrons. The number of carbonyl (C=O) groups excluding carboxylic acids is 1. The van der Waals surface area contributed by atoms with Crippen molar-refractivity contribution < 1.29 is 4.79 Å². The summed E-state index contributed by atoms with van der Waals surface area (Å²) in [7, 11) is 0. The molecule has 1 aliphatic rings. The minimum absolute atomic E-state index is 0.0257. The summed E-state index contributed by atoms with van der Waals surface area (Å²) in [5, 5.41) is 3.02. The number of carbonyl (C=O) groups is 1. The van der Waals surface area contributed by atoms with Crippen LogP contribution in [0.1, 0.15) is 29.4 Å². The number of urea groups is 1. The van der Waals surface area contributed by atoms with E-state index in [4.69, 9.17) is 0 Å². The van der Waals surface area contributed by atoms with Crippen LogP contribution in [0.2, 0.25) is 0 Å². The number of amides is 2. The standard InChI is InChI=1S/C20H21N5O/c1-15-21-10-12-24(15)19-13-16(7-9-22-19)14-23-20(26)25-11-8-18(25)17-5-3-2-4-6-17/h2-7,9-10,12-13,18H,8,11,14H2,1H3,(H,23,26). The van der Waals surface area contributed by atoms with Gasteiger partial charge in [-0.2, -0.15) is 0 Å². The third-order valence-electron chi connectivity index (χ3n) is 4.79. The predicted octanol–water partition coefficient (Wildman–Crippen LogP) is 3.23. The molecule has 2 amide bonds. The molecular formula is C20H21N5O. The monoisotopic (exact) mass is 347 g/mol. The zero-order valence-corrected chi connectivity index (χ0v) is 14.7. The van der Waals surface area contributed by atoms with E-state index in [1.807, 2.05) is 52.9 Å². The lowest BCUT2D eigenvalue weighted by atomic mass is 9.95. The van der Waals surface area contributed by atoms with Gasteiger partial charge in [-0.05, 0) is 36.6 Å². The largest absolute Gasteiger partial charge is 0.334 e. The van der Waals surface area contributed by atoms with Crippen LogP contribution in [0.5, 0.6) is 0 Å². The molecular weight excluding hydrogens is 326 g/mol. The minimum atomic E-state index is -0.0257. The Morgan fingerprint density at radius 1 is 1.19 bits per heavy atom. The van der Waals surface area contributed by atoms with E-state index in [0.717, 1.165) is 30.2 Å². The van der Waals surface area contributed by atoms with Crippen LogP contribution in [0.25, 0.3) is 5.82 Å². The number of nitrogens with one attached hydrogen (secondary N) is 1. The summed E-state index contributed by atoms with van der Waals surface area (Å²) in [6.07, 6.45) is 6.40. The van der Waals surface area contributed by atoms with Crippen LogP contribution < -0.4 is 5.32 Å². The van der Waals surface area contributed by atoms with Crippen molar-refractivity contribution in [2.45, 2.75) is 25.9 Å². The lowest BCUT2D eigenvalue weighted by Crippen LogP contribution is -2.49. The van der Waals surface area contributed by atoms with Gasteiger partial charge in [-0.3, -0.25) is 4.57 Å². The van der Waals surface area contributed by atoms with Crippen molar-refractivity contribution in [2.24, 2.45) is 0 Å². The zero-order valence-electron chi connectivity index (χ0n) is 14.7. The summed E-state index contributed by atoms with van der Waals surface area (Å²) in [6, 6.07) is 14.2. The van der Waals surface area contributed by atoms with Crippen LogP contribution in [0.4, 0.5) is 4.79 Å². The molecule has 0 saturated carbocycles. The van der Waals surface area contributed by atoms with Gasteiger partial charge in [-0.1, -0.05) is 30.3 Å². The summed E-state index contributed by atoms with van der Waals surface area (Å²) >= 11 is 0. The Labute approximate surface area is 152 Å². The second-order valence-electron chi connectivity index (χ2n) is 6.43. The number of likely N-dealkylation sites (tertiary alicyclic amines) is 1. The highest BCUT2D eigenvalue weighted by Crippen LogP contribution is 2.32. The molecule has 1 fully saturated rings. The number of hydrogen-bond acceptors (Lipinski definition) is 3. The Bertz CT molecular complexity index is 905. The van der Waals surface area contributed by atoms with Gasteiger partial charge >= 0.3 is 6.03 Å². The lowest BCUT2D eigenvalue weighted by molar-refractivity contribution is 0.115. The van der Waals surface area contributed by atoms with E-state index >= 15 is 0 Å². The van der Waals surface area contributed by atoms with Gasteiger partial charge in [0.05, 0.1) is 6.04 Å². The molecule has 1 N–H and O–H groups in total. The third-order valence-corrected chi connectivity index (χ3v) is 4.79. The van der Waals surface area contributed by atoms with E-state index < -0.39 is 0 Å². The first-order valence-corrected chi connectivity index (χ1v) is 8.77. The molecule has 6 heteroatoms. The summed E-state index contributed by atoms with van der Waals surface area (Å²) in [4.78, 5) is 23.0. The van der Waals surface area contributed by atoms with Crippen LogP contribution in [-0.4, -0.2) is 32.0 Å². The quantitative estimate of drug-likeness (QED) is 0.788. The fourth-order valence-corrected chi connectivity index (χ4v) is 3.25. The van der Waals surface area contributed by atoms with E-state index in [0.29, 0.717) is 6.54 Å². The molecule has 3 heterocycles. The van der Waals surface area contributed by atoms with Crippen molar-refractivity contribution in [3.05, 3.63) is 78.0 Å². The molecule has 0 bridgehead atoms. The van der Waals surface area contributed by atoms with Crippen molar-refractivity contribution >= 4 is 6.03 Å². The number of nitrogens with zero attached hydrogens (tertiary/aromatic N) is 4. The maximum Gasteiger partial charge on any atom is 0.318 e. The van der Waals surface area contributed by atoms with Crippen LogP contribution >= 0.6 is 0 Å². The Morgan fingerprint density at radius 3 is 2.73 bits per heavy atom. The van der Waals surface area contributed by atoms with Gasteiger partial charge < -0.3 is 10.2 Å². The molecule has 1 atom stereocenters. The second kappa shape index (κ2) is 7.00. The molecule has 2 aromatic heterocycles. The summed E-state index contributed by atoms with van der Waals surface area (Å²) in [5.74, 6) is 1.68. The van der Waals surface area contributed by atoms with Crippen LogP contribution in [0.15, 0.2) is 61.1 Å². The third kappa shape index (κ3) is 3.18. The zero-order chi connectivity index (χ0) is 17.9. The van der Waals surface area contributed by atoms with Gasteiger partial charge in [0.15, 0.2) is 0 Å². The van der Waals surface area contributed by atoms with Gasteiger partial charge in [0.1, 0.15) is 11.6 Å². The topological polar surface area (TPSA) is 63.1 Å². The highest BCUT2D eigenvalue weighted by Gasteiger charge is 2.32. The molecule has 0 aliphatic carbocycles. The Kier molecular flexibility index (Phi) is 4.39. The summed E-state index contributed by atoms with van der Waals surface area (Å²) < 4.78 is 1.92. The Morgan fingerprint density at radius 2 is 2.04 bits per heavy atom. The van der Waals surface area contributed by atoms with E-state index in [1.54, 1.807) is 12.4 Å². The van der Waals surface area contributed by atoms with E-state index in [-0.39, 0.29) is 12.1 Å². The predicted molar refractivity (Wildman–Crippen MR) is 98.8 cm³/mol. The number of aromatic nitrogens is 3. The molecule has 26 heavy (non-hydrogen) atoms. The number of hydrogen-bond donors (Lipinski definition) is 1. The molecule has 3 aromatic rings. The Balaban J connectivity index is 1.40. The number of benzene rings is 1. The van der Waals surface area contributed by atoms with Crippen molar-refractivity contribution in [1.29, 1.82) is 0 Å². The highest BCUT2D eigenvalue weighted by atomic mass is 16.2. The lowest BCUT2D eigenvalue weighted by Gasteiger charge is -2.41. The number of aryl methyl sites for hydroxylation is 1. The minimum Gasteiger partial charge on any atom is -0.334 e. The number of pyridine rings is 1. The first kappa shape index (κ1) is 16.3. The molecule has 0 spiro atoms. The maximum absolute atomic E-state index is 12.5. The van der Waals surface area contributed by atoms with E-state index in [1.165, 1.54) is 5.56 Å².